The Morgan fingerprint density at radius 1 is 1.35 bits per heavy atom. The molecule has 110 valence electrons. The fourth-order valence-electron chi connectivity index (χ4n) is 2.60. The van der Waals surface area contributed by atoms with Gasteiger partial charge in [-0.2, -0.15) is 0 Å². The molecule has 0 spiro atoms. The molecule has 1 aliphatic carbocycles. The van der Waals surface area contributed by atoms with Crippen molar-refractivity contribution in [1.29, 1.82) is 0 Å². The molecule has 0 unspecified atom stereocenters. The van der Waals surface area contributed by atoms with E-state index in [4.69, 9.17) is 0 Å². The maximum Gasteiger partial charge on any atom is 0.269 e. The molecule has 1 amide bonds. The zero-order valence-electron chi connectivity index (χ0n) is 12.5. The van der Waals surface area contributed by atoms with E-state index >= 15 is 0 Å². The van der Waals surface area contributed by atoms with Crippen LogP contribution in [0.1, 0.15) is 56.4 Å². The largest absolute Gasteiger partial charge is 0.370 e. The number of nitrogens with zero attached hydrogens (tertiary/aromatic N) is 1. The van der Waals surface area contributed by atoms with Gasteiger partial charge in [0, 0.05) is 13.1 Å². The van der Waals surface area contributed by atoms with E-state index in [-0.39, 0.29) is 5.91 Å². The van der Waals surface area contributed by atoms with Gasteiger partial charge in [-0.3, -0.25) is 4.79 Å². The molecule has 1 saturated carbocycles. The summed E-state index contributed by atoms with van der Waals surface area (Å²) in [5.41, 5.74) is 0.838. The van der Waals surface area contributed by atoms with E-state index in [0.717, 1.165) is 31.7 Å². The summed E-state index contributed by atoms with van der Waals surface area (Å²) in [6.07, 6.45) is 5.93. The molecule has 0 saturated heterocycles. The standard InChI is InChI=1S/C16H25N3O/c1-3-11-17-14-8-5-7-13(19-14)15(20)18-12-16(4-2)9-6-10-16/h5,7-8H,3-4,6,9-12H2,1-2H3,(H,17,19)(H,18,20). The molecule has 4 heteroatoms. The predicted molar refractivity (Wildman–Crippen MR) is 81.9 cm³/mol. The summed E-state index contributed by atoms with van der Waals surface area (Å²) in [5, 5.41) is 6.25. The number of anilines is 1. The molecule has 0 bridgehead atoms. The Bertz CT molecular complexity index is 449. The lowest BCUT2D eigenvalue weighted by Gasteiger charge is -2.41. The molecule has 2 N–H and O–H groups in total. The van der Waals surface area contributed by atoms with Gasteiger partial charge < -0.3 is 10.6 Å². The van der Waals surface area contributed by atoms with Gasteiger partial charge in [0.05, 0.1) is 0 Å². The lowest BCUT2D eigenvalue weighted by atomic mass is 9.67. The molecule has 1 aromatic rings. The molecule has 2 rings (SSSR count). The first-order valence-corrected chi connectivity index (χ1v) is 7.68. The summed E-state index contributed by atoms with van der Waals surface area (Å²) in [6, 6.07) is 5.54. The number of amides is 1. The van der Waals surface area contributed by atoms with Crippen molar-refractivity contribution in [3.63, 3.8) is 0 Å². The molecule has 4 nitrogen and oxygen atoms in total. The Hall–Kier alpha value is -1.58. The SMILES string of the molecule is CCCNc1cccc(C(=O)NCC2(CC)CCC2)n1. The highest BCUT2D eigenvalue weighted by Gasteiger charge is 2.35. The van der Waals surface area contributed by atoms with Gasteiger partial charge in [0.2, 0.25) is 0 Å². The molecule has 1 heterocycles. The molecule has 0 radical (unpaired) electrons. The maximum absolute atomic E-state index is 12.2. The number of pyridine rings is 1. The van der Waals surface area contributed by atoms with E-state index in [9.17, 15) is 4.79 Å². The lowest BCUT2D eigenvalue weighted by molar-refractivity contribution is 0.0845. The average Bonchev–Trinajstić information content (AvgIpc) is 2.44. The third kappa shape index (κ3) is 3.50. The van der Waals surface area contributed by atoms with Crippen LogP contribution >= 0.6 is 0 Å². The summed E-state index contributed by atoms with van der Waals surface area (Å²) in [7, 11) is 0. The smallest absolute Gasteiger partial charge is 0.269 e. The van der Waals surface area contributed by atoms with Crippen LogP contribution in [0.2, 0.25) is 0 Å². The normalized spacial score (nSPS) is 16.3. The maximum atomic E-state index is 12.2. The topological polar surface area (TPSA) is 54.0 Å². The molecule has 1 fully saturated rings. The second kappa shape index (κ2) is 6.73. The van der Waals surface area contributed by atoms with E-state index < -0.39 is 0 Å². The fourth-order valence-corrected chi connectivity index (χ4v) is 2.60. The first-order chi connectivity index (χ1) is 9.69. The lowest BCUT2D eigenvalue weighted by Crippen LogP contribution is -2.41. The van der Waals surface area contributed by atoms with Gasteiger partial charge >= 0.3 is 0 Å². The summed E-state index contributed by atoms with van der Waals surface area (Å²) in [4.78, 5) is 16.5. The number of carbonyl (C=O) groups is 1. The number of hydrogen-bond acceptors (Lipinski definition) is 3. The number of nitrogens with one attached hydrogen (secondary N) is 2. The van der Waals surface area contributed by atoms with Gasteiger partial charge in [-0.05, 0) is 43.2 Å². The van der Waals surface area contributed by atoms with E-state index in [1.807, 2.05) is 12.1 Å². The Balaban J connectivity index is 1.91. The second-order valence-corrected chi connectivity index (χ2v) is 5.72. The van der Waals surface area contributed by atoms with Crippen molar-refractivity contribution in [2.24, 2.45) is 5.41 Å². The van der Waals surface area contributed by atoms with Crippen molar-refractivity contribution in [2.75, 3.05) is 18.4 Å². The summed E-state index contributed by atoms with van der Waals surface area (Å²) >= 11 is 0. The first-order valence-electron chi connectivity index (χ1n) is 7.68. The monoisotopic (exact) mass is 275 g/mol. The molecular weight excluding hydrogens is 250 g/mol. The number of rotatable bonds is 7. The highest BCUT2D eigenvalue weighted by Crippen LogP contribution is 2.43. The van der Waals surface area contributed by atoms with Gasteiger partial charge in [0.25, 0.3) is 5.91 Å². The third-order valence-electron chi connectivity index (χ3n) is 4.33. The molecular formula is C16H25N3O. The van der Waals surface area contributed by atoms with Crippen LogP contribution in [0.15, 0.2) is 18.2 Å². The molecule has 0 aromatic carbocycles. The first kappa shape index (κ1) is 14.8. The zero-order valence-corrected chi connectivity index (χ0v) is 12.5. The van der Waals surface area contributed by atoms with Crippen molar-refractivity contribution >= 4 is 11.7 Å². The Labute approximate surface area is 121 Å². The molecule has 0 atom stereocenters. The van der Waals surface area contributed by atoms with Crippen LogP contribution in [0.3, 0.4) is 0 Å². The van der Waals surface area contributed by atoms with Gasteiger partial charge in [-0.15, -0.1) is 0 Å². The fraction of sp³-hybridized carbons (Fsp3) is 0.625. The van der Waals surface area contributed by atoms with Crippen LogP contribution in [0.5, 0.6) is 0 Å². The van der Waals surface area contributed by atoms with Crippen LogP contribution in [-0.2, 0) is 0 Å². The van der Waals surface area contributed by atoms with E-state index in [0.29, 0.717) is 11.1 Å². The third-order valence-corrected chi connectivity index (χ3v) is 4.33. The van der Waals surface area contributed by atoms with E-state index in [1.165, 1.54) is 19.3 Å². The van der Waals surface area contributed by atoms with E-state index in [1.54, 1.807) is 6.07 Å². The number of carbonyl (C=O) groups excluding carboxylic acids is 1. The Morgan fingerprint density at radius 2 is 2.15 bits per heavy atom. The van der Waals surface area contributed by atoms with Crippen LogP contribution < -0.4 is 10.6 Å². The van der Waals surface area contributed by atoms with E-state index in [2.05, 4.69) is 29.5 Å². The predicted octanol–water partition coefficient (Wildman–Crippen LogP) is 3.21. The number of aromatic nitrogens is 1. The Kier molecular flexibility index (Phi) is 4.99. The molecule has 1 aromatic heterocycles. The minimum atomic E-state index is -0.0649. The van der Waals surface area contributed by atoms with Crippen molar-refractivity contribution in [1.82, 2.24) is 10.3 Å². The highest BCUT2D eigenvalue weighted by atomic mass is 16.1. The van der Waals surface area contributed by atoms with Gasteiger partial charge in [-0.1, -0.05) is 26.3 Å². The van der Waals surface area contributed by atoms with Crippen LogP contribution in [0, 0.1) is 5.41 Å². The van der Waals surface area contributed by atoms with Crippen LogP contribution in [0.25, 0.3) is 0 Å². The molecule has 1 aliphatic rings. The number of hydrogen-bond donors (Lipinski definition) is 2. The minimum Gasteiger partial charge on any atom is -0.370 e. The van der Waals surface area contributed by atoms with Crippen molar-refractivity contribution in [2.45, 2.75) is 46.0 Å². The molecule has 20 heavy (non-hydrogen) atoms. The molecule has 0 aliphatic heterocycles. The highest BCUT2D eigenvalue weighted by molar-refractivity contribution is 5.92. The van der Waals surface area contributed by atoms with Crippen molar-refractivity contribution in [3.8, 4) is 0 Å². The quantitative estimate of drug-likeness (QED) is 0.803. The summed E-state index contributed by atoms with van der Waals surface area (Å²) in [5.74, 6) is 0.707. The Morgan fingerprint density at radius 3 is 2.75 bits per heavy atom. The van der Waals surface area contributed by atoms with Gasteiger partial charge in [0.15, 0.2) is 0 Å². The summed E-state index contributed by atoms with van der Waals surface area (Å²) in [6.45, 7) is 5.96. The van der Waals surface area contributed by atoms with Crippen LogP contribution in [0.4, 0.5) is 5.82 Å². The van der Waals surface area contributed by atoms with Gasteiger partial charge in [-0.25, -0.2) is 4.98 Å². The van der Waals surface area contributed by atoms with Crippen LogP contribution in [-0.4, -0.2) is 24.0 Å². The van der Waals surface area contributed by atoms with Gasteiger partial charge in [0.1, 0.15) is 11.5 Å². The zero-order chi connectivity index (χ0) is 14.4. The van der Waals surface area contributed by atoms with Crippen molar-refractivity contribution < 1.29 is 4.79 Å². The average molecular weight is 275 g/mol. The second-order valence-electron chi connectivity index (χ2n) is 5.72. The minimum absolute atomic E-state index is 0.0649. The van der Waals surface area contributed by atoms with Crippen molar-refractivity contribution in [3.05, 3.63) is 23.9 Å². The summed E-state index contributed by atoms with van der Waals surface area (Å²) < 4.78 is 0.